The van der Waals surface area contributed by atoms with Gasteiger partial charge in [-0.2, -0.15) is 12.7 Å². The van der Waals surface area contributed by atoms with Gasteiger partial charge in [0, 0.05) is 25.2 Å². The molecule has 20 heavy (non-hydrogen) atoms. The largest absolute Gasteiger partial charge is 0.469 e. The fourth-order valence-electron chi connectivity index (χ4n) is 2.63. The lowest BCUT2D eigenvalue weighted by molar-refractivity contribution is -0.146. The van der Waals surface area contributed by atoms with E-state index in [4.69, 9.17) is 5.73 Å². The number of hydrogen-bond donors (Lipinski definition) is 2. The highest BCUT2D eigenvalue weighted by molar-refractivity contribution is 7.87. The van der Waals surface area contributed by atoms with Gasteiger partial charge >= 0.3 is 5.97 Å². The second-order valence-electron chi connectivity index (χ2n) is 5.74. The third-order valence-corrected chi connectivity index (χ3v) is 5.84. The maximum atomic E-state index is 12.2. The van der Waals surface area contributed by atoms with Crippen LogP contribution in [0, 0.1) is 5.92 Å². The van der Waals surface area contributed by atoms with Crippen molar-refractivity contribution in [2.45, 2.75) is 37.6 Å². The molecule has 1 aliphatic carbocycles. The number of nitrogens with two attached hydrogens (primary N) is 1. The molecule has 0 radical (unpaired) electrons. The van der Waals surface area contributed by atoms with Crippen molar-refractivity contribution in [2.75, 3.05) is 26.7 Å². The molecule has 3 N–H and O–H groups in total. The first kappa shape index (κ1) is 15.7. The topological polar surface area (TPSA) is 102 Å². The summed E-state index contributed by atoms with van der Waals surface area (Å²) in [5, 5.41) is 0. The van der Waals surface area contributed by atoms with E-state index in [9.17, 15) is 13.2 Å². The summed E-state index contributed by atoms with van der Waals surface area (Å²) < 4.78 is 33.0. The van der Waals surface area contributed by atoms with Crippen LogP contribution < -0.4 is 10.5 Å². The summed E-state index contributed by atoms with van der Waals surface area (Å²) in [4.78, 5) is 11.4. The van der Waals surface area contributed by atoms with Crippen LogP contribution in [0.25, 0.3) is 0 Å². The van der Waals surface area contributed by atoms with Crippen molar-refractivity contribution in [2.24, 2.45) is 11.7 Å². The number of ether oxygens (including phenoxy) is 1. The van der Waals surface area contributed by atoms with Crippen LogP contribution in [0.4, 0.5) is 0 Å². The fraction of sp³-hybridized carbons (Fsp3) is 0.917. The highest BCUT2D eigenvalue weighted by Crippen LogP contribution is 2.28. The predicted octanol–water partition coefficient (Wildman–Crippen LogP) is -0.413. The van der Waals surface area contributed by atoms with E-state index in [1.165, 1.54) is 11.4 Å². The number of carbonyl (C=O) groups excluding carboxylic acids is 1. The molecule has 7 nitrogen and oxygen atoms in total. The van der Waals surface area contributed by atoms with Crippen molar-refractivity contribution in [1.29, 1.82) is 0 Å². The number of rotatable bonds is 5. The molecule has 116 valence electrons. The van der Waals surface area contributed by atoms with Gasteiger partial charge in [0.15, 0.2) is 0 Å². The molecule has 1 saturated carbocycles. The van der Waals surface area contributed by atoms with E-state index in [0.29, 0.717) is 25.9 Å². The van der Waals surface area contributed by atoms with Crippen LogP contribution in [0.3, 0.4) is 0 Å². The molecule has 8 heteroatoms. The summed E-state index contributed by atoms with van der Waals surface area (Å²) in [6, 6.07) is 0. The molecule has 2 rings (SSSR count). The zero-order valence-electron chi connectivity index (χ0n) is 11.8. The van der Waals surface area contributed by atoms with Crippen molar-refractivity contribution in [3.63, 3.8) is 0 Å². The molecule has 2 fully saturated rings. The lowest BCUT2D eigenvalue weighted by Gasteiger charge is -2.39. The van der Waals surface area contributed by atoms with E-state index in [2.05, 4.69) is 9.46 Å². The van der Waals surface area contributed by atoms with Crippen LogP contribution in [0.1, 0.15) is 32.1 Å². The van der Waals surface area contributed by atoms with Gasteiger partial charge in [-0.1, -0.05) is 0 Å². The Morgan fingerprint density at radius 3 is 2.45 bits per heavy atom. The maximum absolute atomic E-state index is 12.2. The van der Waals surface area contributed by atoms with E-state index < -0.39 is 10.2 Å². The summed E-state index contributed by atoms with van der Waals surface area (Å²) in [5.41, 5.74) is 5.64. The van der Waals surface area contributed by atoms with Crippen LogP contribution in [0.5, 0.6) is 0 Å². The zero-order valence-corrected chi connectivity index (χ0v) is 12.6. The number of hydrogen-bond acceptors (Lipinski definition) is 5. The number of esters is 1. The highest BCUT2D eigenvalue weighted by Gasteiger charge is 2.36. The molecule has 1 saturated heterocycles. The first-order valence-electron chi connectivity index (χ1n) is 6.98. The summed E-state index contributed by atoms with van der Waals surface area (Å²) >= 11 is 0. The number of piperidine rings is 1. The van der Waals surface area contributed by atoms with Crippen LogP contribution >= 0.6 is 0 Å². The Kier molecular flexibility index (Phi) is 4.68. The Balaban J connectivity index is 1.83. The lowest BCUT2D eigenvalue weighted by atomic mass is 9.78. The molecule has 0 amide bonds. The minimum absolute atomic E-state index is 0.195. The van der Waals surface area contributed by atoms with E-state index in [1.54, 1.807) is 0 Å². The average molecular weight is 305 g/mol. The Bertz CT molecular complexity index is 453. The zero-order chi connectivity index (χ0) is 14.8. The molecular formula is C12H23N3O4S. The molecule has 1 heterocycles. The van der Waals surface area contributed by atoms with Gasteiger partial charge in [-0.3, -0.25) is 4.79 Å². The fourth-order valence-corrected chi connectivity index (χ4v) is 3.98. The van der Waals surface area contributed by atoms with Gasteiger partial charge in [0.1, 0.15) is 0 Å². The Morgan fingerprint density at radius 2 is 2.00 bits per heavy atom. The van der Waals surface area contributed by atoms with Gasteiger partial charge in [0.25, 0.3) is 10.2 Å². The minimum Gasteiger partial charge on any atom is -0.469 e. The SMILES string of the molecule is COC(=O)C1CCN(S(=O)(=O)NCC2(N)CCC2)CC1. The number of carbonyl (C=O) groups is 1. The predicted molar refractivity (Wildman–Crippen MR) is 74.0 cm³/mol. The highest BCUT2D eigenvalue weighted by atomic mass is 32.2. The van der Waals surface area contributed by atoms with Crippen molar-refractivity contribution in [3.05, 3.63) is 0 Å². The molecule has 2 aliphatic rings. The maximum Gasteiger partial charge on any atom is 0.308 e. The van der Waals surface area contributed by atoms with E-state index in [0.717, 1.165) is 19.3 Å². The summed E-state index contributed by atoms with van der Waals surface area (Å²) in [7, 11) is -2.14. The van der Waals surface area contributed by atoms with Crippen molar-refractivity contribution >= 4 is 16.2 Å². The first-order chi connectivity index (χ1) is 9.36. The summed E-state index contributed by atoms with van der Waals surface area (Å²) in [6.45, 7) is 0.964. The molecule has 0 bridgehead atoms. The van der Waals surface area contributed by atoms with Crippen molar-refractivity contribution < 1.29 is 17.9 Å². The molecule has 0 spiro atoms. The summed E-state index contributed by atoms with van der Waals surface area (Å²) in [6.07, 6.45) is 3.78. The molecule has 0 aromatic heterocycles. The standard InChI is InChI=1S/C12H23N3O4S/c1-19-11(16)10-3-7-15(8-4-10)20(17,18)14-9-12(13)5-2-6-12/h10,14H,2-9,13H2,1H3. The monoisotopic (exact) mass is 305 g/mol. The normalized spacial score (nSPS) is 24.1. The first-order valence-corrected chi connectivity index (χ1v) is 8.42. The minimum atomic E-state index is -3.50. The van der Waals surface area contributed by atoms with Crippen LogP contribution in [-0.2, 0) is 19.7 Å². The van der Waals surface area contributed by atoms with Gasteiger partial charge in [0.2, 0.25) is 0 Å². The smallest absolute Gasteiger partial charge is 0.308 e. The van der Waals surface area contributed by atoms with Gasteiger partial charge in [0.05, 0.1) is 13.0 Å². The molecule has 0 unspecified atom stereocenters. The van der Waals surface area contributed by atoms with Gasteiger partial charge in [-0.15, -0.1) is 0 Å². The van der Waals surface area contributed by atoms with Gasteiger partial charge in [-0.05, 0) is 32.1 Å². The third-order valence-electron chi connectivity index (χ3n) is 4.28. The number of methoxy groups -OCH3 is 1. The van der Waals surface area contributed by atoms with Gasteiger partial charge < -0.3 is 10.5 Å². The van der Waals surface area contributed by atoms with Crippen LogP contribution in [0.2, 0.25) is 0 Å². The molecule has 1 aliphatic heterocycles. The summed E-state index contributed by atoms with van der Waals surface area (Å²) in [5.74, 6) is -0.454. The second kappa shape index (κ2) is 5.97. The Labute approximate surface area is 120 Å². The quantitative estimate of drug-likeness (QED) is 0.672. The van der Waals surface area contributed by atoms with Gasteiger partial charge in [-0.25, -0.2) is 4.72 Å². The van der Waals surface area contributed by atoms with Crippen LogP contribution in [0.15, 0.2) is 0 Å². The van der Waals surface area contributed by atoms with Crippen LogP contribution in [-0.4, -0.2) is 51.0 Å². The Morgan fingerprint density at radius 1 is 1.40 bits per heavy atom. The number of nitrogens with zero attached hydrogens (tertiary/aromatic N) is 1. The van der Waals surface area contributed by atoms with Crippen molar-refractivity contribution in [1.82, 2.24) is 9.03 Å². The van der Waals surface area contributed by atoms with E-state index >= 15 is 0 Å². The molecule has 0 atom stereocenters. The number of nitrogens with one attached hydrogen (secondary N) is 1. The van der Waals surface area contributed by atoms with E-state index in [1.807, 2.05) is 0 Å². The van der Waals surface area contributed by atoms with Crippen molar-refractivity contribution in [3.8, 4) is 0 Å². The lowest BCUT2D eigenvalue weighted by Crippen LogP contribution is -2.57. The molecular weight excluding hydrogens is 282 g/mol. The molecule has 0 aromatic rings. The van der Waals surface area contributed by atoms with E-state index in [-0.39, 0.29) is 24.0 Å². The second-order valence-corrected chi connectivity index (χ2v) is 7.49. The Hall–Kier alpha value is -0.700. The third kappa shape index (κ3) is 3.49. The average Bonchev–Trinajstić information content (AvgIpc) is 2.42. The molecule has 0 aromatic carbocycles.